The molecule has 96 valence electrons. The third-order valence-electron chi connectivity index (χ3n) is 3.57. The highest BCUT2D eigenvalue weighted by molar-refractivity contribution is 8.00. The van der Waals surface area contributed by atoms with E-state index in [4.69, 9.17) is 0 Å². The van der Waals surface area contributed by atoms with Gasteiger partial charge >= 0.3 is 0 Å². The molecule has 1 N–H and O–H groups in total. The molecule has 0 bridgehead atoms. The van der Waals surface area contributed by atoms with Crippen LogP contribution in [-0.2, 0) is 9.59 Å². The Kier molecular flexibility index (Phi) is 3.66. The summed E-state index contributed by atoms with van der Waals surface area (Å²) in [5, 5.41) is 2.88. The molecule has 0 radical (unpaired) electrons. The summed E-state index contributed by atoms with van der Waals surface area (Å²) in [5.74, 6) is 1.17. The Morgan fingerprint density at radius 1 is 1.47 bits per heavy atom. The Balaban J connectivity index is 2.09. The van der Waals surface area contributed by atoms with Gasteiger partial charge in [-0.3, -0.25) is 9.59 Å². The highest BCUT2D eigenvalue weighted by Gasteiger charge is 2.42. The van der Waals surface area contributed by atoms with Gasteiger partial charge in [-0.1, -0.05) is 6.42 Å². The van der Waals surface area contributed by atoms with Crippen molar-refractivity contribution in [2.24, 2.45) is 0 Å². The maximum absolute atomic E-state index is 12.4. The Morgan fingerprint density at radius 2 is 2.24 bits per heavy atom. The monoisotopic (exact) mass is 256 g/mol. The predicted molar refractivity (Wildman–Crippen MR) is 68.9 cm³/mol. The Bertz CT molecular complexity index is 324. The second-order valence-corrected chi connectivity index (χ2v) is 6.47. The summed E-state index contributed by atoms with van der Waals surface area (Å²) in [5.41, 5.74) is -0.701. The lowest BCUT2D eigenvalue weighted by Gasteiger charge is -2.43. The number of amides is 2. The zero-order valence-corrected chi connectivity index (χ0v) is 11.3. The van der Waals surface area contributed by atoms with Crippen molar-refractivity contribution in [3.8, 4) is 0 Å². The highest BCUT2D eigenvalue weighted by atomic mass is 32.2. The van der Waals surface area contributed by atoms with Gasteiger partial charge in [0.25, 0.3) is 0 Å². The second-order valence-electron chi connectivity index (χ2n) is 5.16. The zero-order chi connectivity index (χ0) is 12.5. The van der Waals surface area contributed by atoms with Crippen molar-refractivity contribution in [1.82, 2.24) is 10.2 Å². The SMILES string of the molecule is CC1(C)C(=O)NCCN1C(=O)C1CCCCS1. The van der Waals surface area contributed by atoms with Gasteiger partial charge in [0.2, 0.25) is 11.8 Å². The number of hydrogen-bond acceptors (Lipinski definition) is 3. The van der Waals surface area contributed by atoms with Crippen LogP contribution in [-0.4, -0.2) is 46.3 Å². The van der Waals surface area contributed by atoms with Gasteiger partial charge in [0, 0.05) is 13.1 Å². The molecular formula is C12H20N2O2S. The number of carbonyl (C=O) groups excluding carboxylic acids is 2. The first-order valence-corrected chi connectivity index (χ1v) is 7.30. The van der Waals surface area contributed by atoms with Crippen LogP contribution in [0.3, 0.4) is 0 Å². The smallest absolute Gasteiger partial charge is 0.245 e. The number of piperazine rings is 1. The average Bonchev–Trinajstić information content (AvgIpc) is 2.33. The molecular weight excluding hydrogens is 236 g/mol. The van der Waals surface area contributed by atoms with E-state index in [2.05, 4.69) is 5.32 Å². The Morgan fingerprint density at radius 3 is 2.88 bits per heavy atom. The molecule has 2 heterocycles. The average molecular weight is 256 g/mol. The van der Waals surface area contributed by atoms with E-state index in [1.54, 1.807) is 16.7 Å². The van der Waals surface area contributed by atoms with E-state index >= 15 is 0 Å². The van der Waals surface area contributed by atoms with Crippen molar-refractivity contribution in [3.63, 3.8) is 0 Å². The topological polar surface area (TPSA) is 49.4 Å². The van der Waals surface area contributed by atoms with Crippen LogP contribution in [0.2, 0.25) is 0 Å². The molecule has 0 aliphatic carbocycles. The van der Waals surface area contributed by atoms with Gasteiger partial charge in [-0.2, -0.15) is 0 Å². The molecule has 17 heavy (non-hydrogen) atoms. The normalized spacial score (nSPS) is 28.7. The van der Waals surface area contributed by atoms with Crippen LogP contribution in [0.25, 0.3) is 0 Å². The van der Waals surface area contributed by atoms with Gasteiger partial charge < -0.3 is 10.2 Å². The molecule has 2 amide bonds. The third kappa shape index (κ3) is 2.44. The van der Waals surface area contributed by atoms with Crippen molar-refractivity contribution in [2.45, 2.75) is 43.9 Å². The van der Waals surface area contributed by atoms with Crippen LogP contribution in [0, 0.1) is 0 Å². The first-order valence-electron chi connectivity index (χ1n) is 6.25. The van der Waals surface area contributed by atoms with E-state index in [1.165, 1.54) is 6.42 Å². The fraction of sp³-hybridized carbons (Fsp3) is 0.833. The van der Waals surface area contributed by atoms with Gasteiger partial charge in [-0.15, -0.1) is 11.8 Å². The Hall–Kier alpha value is -0.710. The van der Waals surface area contributed by atoms with Crippen molar-refractivity contribution < 1.29 is 9.59 Å². The molecule has 2 fully saturated rings. The molecule has 2 aliphatic rings. The third-order valence-corrected chi connectivity index (χ3v) is 4.94. The lowest BCUT2D eigenvalue weighted by Crippen LogP contribution is -2.64. The zero-order valence-electron chi connectivity index (χ0n) is 10.5. The molecule has 0 aromatic heterocycles. The molecule has 1 atom stereocenters. The van der Waals surface area contributed by atoms with Crippen molar-refractivity contribution in [2.75, 3.05) is 18.8 Å². The van der Waals surface area contributed by atoms with Gasteiger partial charge in [0.05, 0.1) is 5.25 Å². The van der Waals surface area contributed by atoms with Gasteiger partial charge in [-0.05, 0) is 32.4 Å². The van der Waals surface area contributed by atoms with Crippen LogP contribution in [0.4, 0.5) is 0 Å². The summed E-state index contributed by atoms with van der Waals surface area (Å²) in [6, 6.07) is 0. The van der Waals surface area contributed by atoms with Crippen LogP contribution in [0.15, 0.2) is 0 Å². The van der Waals surface area contributed by atoms with E-state index in [1.807, 2.05) is 13.8 Å². The van der Waals surface area contributed by atoms with Crippen LogP contribution in [0.5, 0.6) is 0 Å². The molecule has 0 spiro atoms. The minimum absolute atomic E-state index is 0.0436. The quantitative estimate of drug-likeness (QED) is 0.762. The molecule has 5 heteroatoms. The number of nitrogens with one attached hydrogen (secondary N) is 1. The summed E-state index contributed by atoms with van der Waals surface area (Å²) in [4.78, 5) is 26.0. The lowest BCUT2D eigenvalue weighted by atomic mass is 9.98. The molecule has 2 rings (SSSR count). The van der Waals surface area contributed by atoms with E-state index < -0.39 is 5.54 Å². The minimum Gasteiger partial charge on any atom is -0.352 e. The van der Waals surface area contributed by atoms with E-state index in [0.29, 0.717) is 13.1 Å². The van der Waals surface area contributed by atoms with Crippen molar-refractivity contribution >= 4 is 23.6 Å². The fourth-order valence-corrected chi connectivity index (χ4v) is 3.65. The molecule has 0 aromatic carbocycles. The first kappa shape index (κ1) is 12.7. The molecule has 4 nitrogen and oxygen atoms in total. The maximum Gasteiger partial charge on any atom is 0.245 e. The number of thioether (sulfide) groups is 1. The number of nitrogens with zero attached hydrogens (tertiary/aromatic N) is 1. The summed E-state index contributed by atoms with van der Waals surface area (Å²) < 4.78 is 0. The van der Waals surface area contributed by atoms with Crippen molar-refractivity contribution in [3.05, 3.63) is 0 Å². The summed E-state index contributed by atoms with van der Waals surface area (Å²) in [7, 11) is 0. The molecule has 2 aliphatic heterocycles. The minimum atomic E-state index is -0.701. The van der Waals surface area contributed by atoms with Crippen LogP contribution in [0.1, 0.15) is 33.1 Å². The number of carbonyl (C=O) groups is 2. The molecule has 0 saturated carbocycles. The number of rotatable bonds is 1. The number of hydrogen-bond donors (Lipinski definition) is 1. The molecule has 1 unspecified atom stereocenters. The predicted octanol–water partition coefficient (Wildman–Crippen LogP) is 1.01. The van der Waals surface area contributed by atoms with E-state index in [0.717, 1.165) is 18.6 Å². The fourth-order valence-electron chi connectivity index (χ4n) is 2.39. The van der Waals surface area contributed by atoms with E-state index in [9.17, 15) is 9.59 Å². The van der Waals surface area contributed by atoms with Gasteiger partial charge in [0.15, 0.2) is 0 Å². The highest BCUT2D eigenvalue weighted by Crippen LogP contribution is 2.29. The summed E-state index contributed by atoms with van der Waals surface area (Å²) in [6.45, 7) is 4.86. The van der Waals surface area contributed by atoms with Gasteiger partial charge in [0.1, 0.15) is 5.54 Å². The largest absolute Gasteiger partial charge is 0.352 e. The van der Waals surface area contributed by atoms with Crippen molar-refractivity contribution in [1.29, 1.82) is 0 Å². The van der Waals surface area contributed by atoms with E-state index in [-0.39, 0.29) is 17.1 Å². The summed E-state index contributed by atoms with van der Waals surface area (Å²) in [6.07, 6.45) is 3.29. The van der Waals surface area contributed by atoms with Crippen LogP contribution >= 0.6 is 11.8 Å². The van der Waals surface area contributed by atoms with Gasteiger partial charge in [-0.25, -0.2) is 0 Å². The first-order chi connectivity index (χ1) is 8.03. The maximum atomic E-state index is 12.4. The Labute approximate surface area is 106 Å². The second kappa shape index (κ2) is 4.88. The molecule has 2 saturated heterocycles. The molecule has 0 aromatic rings. The summed E-state index contributed by atoms with van der Waals surface area (Å²) >= 11 is 1.74. The van der Waals surface area contributed by atoms with Crippen LogP contribution < -0.4 is 5.32 Å². The lowest BCUT2D eigenvalue weighted by molar-refractivity contribution is -0.148. The standard InChI is InChI=1S/C12H20N2O2S/c1-12(2)11(16)13-6-7-14(12)10(15)9-5-3-4-8-17-9/h9H,3-8H2,1-2H3,(H,13,16).